The van der Waals surface area contributed by atoms with Crippen LogP contribution in [0.3, 0.4) is 0 Å². The Morgan fingerprint density at radius 3 is 1.37 bits per heavy atom. The second-order valence-electron chi connectivity index (χ2n) is 13.6. The van der Waals surface area contributed by atoms with Crippen molar-refractivity contribution in [3.63, 3.8) is 0 Å². The molecule has 4 nitrogen and oxygen atoms in total. The predicted octanol–water partition coefficient (Wildman–Crippen LogP) is 10.5. The molecule has 0 saturated heterocycles. The molecule has 0 aliphatic rings. The van der Waals surface area contributed by atoms with Crippen LogP contribution in [0.2, 0.25) is 0 Å². The van der Waals surface area contributed by atoms with Crippen LogP contribution in [0.15, 0.2) is 30.6 Å². The summed E-state index contributed by atoms with van der Waals surface area (Å²) in [5, 5.41) is 6.76. The summed E-state index contributed by atoms with van der Waals surface area (Å²) in [5.41, 5.74) is 0. The molecule has 0 aliphatic heterocycles. The van der Waals surface area contributed by atoms with E-state index >= 15 is 0 Å². The van der Waals surface area contributed by atoms with Crippen LogP contribution in [0.1, 0.15) is 181 Å². The minimum atomic E-state index is -0.0601. The zero-order valence-corrected chi connectivity index (χ0v) is 29.2. The van der Waals surface area contributed by atoms with E-state index in [-0.39, 0.29) is 11.9 Å². The predicted molar refractivity (Wildman–Crippen MR) is 187 cm³/mol. The molecule has 0 radical (unpaired) electrons. The molecule has 2 N–H and O–H groups in total. The van der Waals surface area contributed by atoms with Crippen molar-refractivity contribution in [2.24, 2.45) is 5.92 Å². The van der Waals surface area contributed by atoms with Crippen LogP contribution in [0.25, 0.3) is 0 Å². The lowest BCUT2D eigenvalue weighted by Crippen LogP contribution is -2.47. The van der Waals surface area contributed by atoms with Gasteiger partial charge in [-0.1, -0.05) is 162 Å². The van der Waals surface area contributed by atoms with E-state index in [0.29, 0.717) is 5.92 Å². The van der Waals surface area contributed by atoms with Crippen molar-refractivity contribution in [1.29, 1.82) is 0 Å². The summed E-state index contributed by atoms with van der Waals surface area (Å²) in [6, 6.07) is 6.23. The fourth-order valence-corrected chi connectivity index (χ4v) is 6.12. The number of nitrogens with one attached hydrogen (secondary N) is 2. The van der Waals surface area contributed by atoms with Crippen LogP contribution >= 0.6 is 0 Å². The van der Waals surface area contributed by atoms with E-state index in [0.717, 1.165) is 26.1 Å². The molecule has 0 saturated carbocycles. The third-order valence-electron chi connectivity index (χ3n) is 9.01. The fourth-order valence-electron chi connectivity index (χ4n) is 6.12. The molecule has 43 heavy (non-hydrogen) atoms. The van der Waals surface area contributed by atoms with Crippen LogP contribution < -0.4 is 15.2 Å². The first-order chi connectivity index (χ1) is 21.1. The lowest BCUT2D eigenvalue weighted by molar-refractivity contribution is -0.697. The molecule has 0 fully saturated rings. The van der Waals surface area contributed by atoms with Gasteiger partial charge in [-0.3, -0.25) is 4.79 Å². The molecule has 1 atom stereocenters. The Bertz CT molecular complexity index is 708. The van der Waals surface area contributed by atoms with Gasteiger partial charge < -0.3 is 10.6 Å². The summed E-state index contributed by atoms with van der Waals surface area (Å²) in [5.74, 6) is 0.521. The molecule has 1 rings (SSSR count). The van der Waals surface area contributed by atoms with Gasteiger partial charge in [0.15, 0.2) is 12.4 Å². The molecule has 0 bridgehead atoms. The first-order valence-electron chi connectivity index (χ1n) is 19.1. The SMILES string of the molecule is CCCCCCCCCCCCCCCCCCNC(=O)[C@@H](NCCCCCCCCCCC[n+]1ccccc1)C(C)C. The number of rotatable bonds is 32. The Hall–Kier alpha value is -1.42. The van der Waals surface area contributed by atoms with Crippen LogP contribution in [0, 0.1) is 5.92 Å². The number of hydrogen-bond acceptors (Lipinski definition) is 2. The second-order valence-corrected chi connectivity index (χ2v) is 13.6. The number of nitrogens with zero attached hydrogens (tertiary/aromatic N) is 1. The van der Waals surface area contributed by atoms with Gasteiger partial charge in [-0.2, -0.15) is 0 Å². The van der Waals surface area contributed by atoms with E-state index < -0.39 is 0 Å². The topological polar surface area (TPSA) is 45.0 Å². The van der Waals surface area contributed by atoms with Gasteiger partial charge in [0.1, 0.15) is 6.54 Å². The van der Waals surface area contributed by atoms with Gasteiger partial charge >= 0.3 is 0 Å². The van der Waals surface area contributed by atoms with Gasteiger partial charge in [0.05, 0.1) is 6.04 Å². The van der Waals surface area contributed by atoms with Gasteiger partial charge in [0, 0.05) is 25.1 Å². The molecule has 1 heterocycles. The highest BCUT2D eigenvalue weighted by atomic mass is 16.2. The Balaban J connectivity index is 1.86. The van der Waals surface area contributed by atoms with Crippen molar-refractivity contribution >= 4 is 5.91 Å². The lowest BCUT2D eigenvalue weighted by atomic mass is 10.0. The molecular weight excluding hydrogens is 526 g/mol. The highest BCUT2D eigenvalue weighted by Crippen LogP contribution is 2.14. The monoisotopic (exact) mass is 601 g/mol. The molecule has 1 aromatic rings. The molecule has 4 heteroatoms. The summed E-state index contributed by atoms with van der Waals surface area (Å²) in [6.45, 7) is 9.53. The van der Waals surface area contributed by atoms with Crippen molar-refractivity contribution in [2.45, 2.75) is 194 Å². The van der Waals surface area contributed by atoms with E-state index in [2.05, 4.69) is 66.6 Å². The van der Waals surface area contributed by atoms with E-state index in [1.807, 2.05) is 0 Å². The average molecular weight is 601 g/mol. The number of aryl methyl sites for hydroxylation is 1. The number of unbranched alkanes of at least 4 members (excludes halogenated alkanes) is 23. The van der Waals surface area contributed by atoms with Crippen molar-refractivity contribution in [1.82, 2.24) is 10.6 Å². The Kier molecular flexibility index (Phi) is 28.2. The van der Waals surface area contributed by atoms with E-state index in [1.165, 1.54) is 154 Å². The van der Waals surface area contributed by atoms with E-state index in [4.69, 9.17) is 0 Å². The Morgan fingerprint density at radius 1 is 0.535 bits per heavy atom. The third kappa shape index (κ3) is 25.6. The average Bonchev–Trinajstić information content (AvgIpc) is 3.01. The van der Waals surface area contributed by atoms with E-state index in [1.54, 1.807) is 0 Å². The first-order valence-corrected chi connectivity index (χ1v) is 19.1. The normalized spacial score (nSPS) is 12.2. The highest BCUT2D eigenvalue weighted by molar-refractivity contribution is 5.81. The van der Waals surface area contributed by atoms with Crippen LogP contribution in [-0.2, 0) is 11.3 Å². The fraction of sp³-hybridized carbons (Fsp3) is 0.846. The van der Waals surface area contributed by atoms with E-state index in [9.17, 15) is 4.79 Å². The van der Waals surface area contributed by atoms with Crippen molar-refractivity contribution in [3.8, 4) is 0 Å². The largest absolute Gasteiger partial charge is 0.355 e. The van der Waals surface area contributed by atoms with Gasteiger partial charge in [0.25, 0.3) is 0 Å². The first kappa shape index (κ1) is 39.6. The van der Waals surface area contributed by atoms with Crippen molar-refractivity contribution < 1.29 is 9.36 Å². The molecule has 0 unspecified atom stereocenters. The van der Waals surface area contributed by atoms with Crippen molar-refractivity contribution in [3.05, 3.63) is 30.6 Å². The molecule has 0 aromatic carbocycles. The quantitative estimate of drug-likeness (QED) is 0.0638. The van der Waals surface area contributed by atoms with Gasteiger partial charge in [0.2, 0.25) is 5.91 Å². The zero-order valence-electron chi connectivity index (χ0n) is 29.2. The molecular formula is C39H74N3O+. The lowest BCUT2D eigenvalue weighted by Gasteiger charge is -2.22. The van der Waals surface area contributed by atoms with Gasteiger partial charge in [-0.15, -0.1) is 0 Å². The summed E-state index contributed by atoms with van der Waals surface area (Å²) in [6.07, 6.45) is 38.2. The number of pyridine rings is 1. The van der Waals surface area contributed by atoms with Crippen LogP contribution in [-0.4, -0.2) is 25.0 Å². The molecule has 250 valence electrons. The van der Waals surface area contributed by atoms with Crippen LogP contribution in [0.4, 0.5) is 0 Å². The second kappa shape index (κ2) is 30.6. The maximum atomic E-state index is 12.8. The number of carbonyl (C=O) groups is 1. The summed E-state index contributed by atoms with van der Waals surface area (Å²) >= 11 is 0. The minimum Gasteiger partial charge on any atom is -0.355 e. The van der Waals surface area contributed by atoms with Crippen LogP contribution in [0.5, 0.6) is 0 Å². The molecule has 0 spiro atoms. The molecule has 1 aromatic heterocycles. The minimum absolute atomic E-state index is 0.0601. The van der Waals surface area contributed by atoms with Gasteiger partial charge in [-0.05, 0) is 31.7 Å². The molecule has 1 amide bonds. The Morgan fingerprint density at radius 2 is 0.930 bits per heavy atom. The molecule has 0 aliphatic carbocycles. The number of carbonyl (C=O) groups excluding carboxylic acids is 1. The number of amides is 1. The summed E-state index contributed by atoms with van der Waals surface area (Å²) < 4.78 is 2.28. The number of aromatic nitrogens is 1. The standard InChI is InChI=1S/C39H73N3O/c1-4-5-6-7-8-9-10-11-12-13-14-15-17-21-24-28-33-41-39(43)38(37(2)3)40-32-27-23-20-18-16-19-22-25-29-34-42-35-30-26-31-36-42/h26,30-31,35-38,40H,4-25,27-29,32-34H2,1-3H3/p+1/t38-/m0/s1. The summed E-state index contributed by atoms with van der Waals surface area (Å²) in [7, 11) is 0. The third-order valence-corrected chi connectivity index (χ3v) is 9.01. The maximum absolute atomic E-state index is 12.8. The Labute approximate surface area is 269 Å². The zero-order chi connectivity index (χ0) is 31.1. The summed E-state index contributed by atoms with van der Waals surface area (Å²) in [4.78, 5) is 12.8. The maximum Gasteiger partial charge on any atom is 0.237 e. The highest BCUT2D eigenvalue weighted by Gasteiger charge is 2.20. The van der Waals surface area contributed by atoms with Crippen molar-refractivity contribution in [2.75, 3.05) is 13.1 Å². The smallest absolute Gasteiger partial charge is 0.237 e. The van der Waals surface area contributed by atoms with Gasteiger partial charge in [-0.25, -0.2) is 4.57 Å². The number of hydrogen-bond donors (Lipinski definition) is 2.